The molecule has 1 amide bonds. The SMILES string of the molecule is N#Cc1ccnc(OC2CCN(C(=O)C3CC3)C2)c1. The molecule has 2 aliphatic rings. The van der Waals surface area contributed by atoms with Crippen LogP contribution in [0.5, 0.6) is 5.88 Å². The van der Waals surface area contributed by atoms with Crippen LogP contribution in [0.3, 0.4) is 0 Å². The summed E-state index contributed by atoms with van der Waals surface area (Å²) in [7, 11) is 0. The molecule has 1 saturated heterocycles. The van der Waals surface area contributed by atoms with Gasteiger partial charge in [-0.25, -0.2) is 4.98 Å². The number of nitrogens with zero attached hydrogens (tertiary/aromatic N) is 3. The molecular formula is C14H15N3O2. The van der Waals surface area contributed by atoms with Gasteiger partial charge in [0, 0.05) is 31.1 Å². The Morgan fingerprint density at radius 1 is 1.47 bits per heavy atom. The average molecular weight is 257 g/mol. The quantitative estimate of drug-likeness (QED) is 0.819. The summed E-state index contributed by atoms with van der Waals surface area (Å²) in [5.74, 6) is 0.994. The molecule has 0 N–H and O–H groups in total. The highest BCUT2D eigenvalue weighted by Crippen LogP contribution is 2.32. The molecule has 0 aromatic carbocycles. The van der Waals surface area contributed by atoms with E-state index in [1.165, 1.54) is 0 Å². The van der Waals surface area contributed by atoms with Gasteiger partial charge in [0.1, 0.15) is 6.10 Å². The molecule has 0 radical (unpaired) electrons. The summed E-state index contributed by atoms with van der Waals surface area (Å²) >= 11 is 0. The van der Waals surface area contributed by atoms with Gasteiger partial charge in [0.05, 0.1) is 18.2 Å². The first-order chi connectivity index (χ1) is 9.26. The second-order valence-corrected chi connectivity index (χ2v) is 5.08. The third kappa shape index (κ3) is 2.68. The first-order valence-corrected chi connectivity index (χ1v) is 6.58. The Kier molecular flexibility index (Phi) is 3.08. The molecule has 1 unspecified atom stereocenters. The van der Waals surface area contributed by atoms with Gasteiger partial charge in [-0.05, 0) is 18.9 Å². The summed E-state index contributed by atoms with van der Waals surface area (Å²) in [6.07, 6.45) is 4.45. The second kappa shape index (κ2) is 4.88. The molecule has 2 fully saturated rings. The maximum Gasteiger partial charge on any atom is 0.225 e. The molecule has 5 nitrogen and oxygen atoms in total. The van der Waals surface area contributed by atoms with Gasteiger partial charge in [0.15, 0.2) is 0 Å². The van der Waals surface area contributed by atoms with Crippen LogP contribution in [0.4, 0.5) is 0 Å². The Morgan fingerprint density at radius 3 is 3.05 bits per heavy atom. The maximum absolute atomic E-state index is 11.9. The van der Waals surface area contributed by atoms with Gasteiger partial charge < -0.3 is 9.64 Å². The maximum atomic E-state index is 11.9. The predicted octanol–water partition coefficient (Wildman–Crippen LogP) is 1.34. The number of carbonyl (C=O) groups is 1. The molecule has 19 heavy (non-hydrogen) atoms. The van der Waals surface area contributed by atoms with Crippen LogP contribution in [-0.2, 0) is 4.79 Å². The van der Waals surface area contributed by atoms with Crippen LogP contribution < -0.4 is 4.74 Å². The van der Waals surface area contributed by atoms with Crippen molar-refractivity contribution in [1.29, 1.82) is 5.26 Å². The van der Waals surface area contributed by atoms with Gasteiger partial charge in [-0.15, -0.1) is 0 Å². The molecule has 5 heteroatoms. The fourth-order valence-electron chi connectivity index (χ4n) is 2.33. The standard InChI is InChI=1S/C14H15N3O2/c15-8-10-3-5-16-13(7-10)19-12-4-6-17(9-12)14(18)11-1-2-11/h3,5,7,11-12H,1-2,4,6,9H2. The number of nitriles is 1. The van der Waals surface area contributed by atoms with E-state index in [0.717, 1.165) is 25.8 Å². The van der Waals surface area contributed by atoms with Crippen LogP contribution in [0.25, 0.3) is 0 Å². The fraction of sp³-hybridized carbons (Fsp3) is 0.500. The monoisotopic (exact) mass is 257 g/mol. The molecule has 1 aromatic heterocycles. The van der Waals surface area contributed by atoms with Crippen LogP contribution >= 0.6 is 0 Å². The Bertz CT molecular complexity index is 534. The minimum atomic E-state index is -0.0101. The van der Waals surface area contributed by atoms with Crippen molar-refractivity contribution in [3.63, 3.8) is 0 Å². The Hall–Kier alpha value is -2.09. The van der Waals surface area contributed by atoms with Gasteiger partial charge >= 0.3 is 0 Å². The first kappa shape index (κ1) is 12.0. The van der Waals surface area contributed by atoms with Gasteiger partial charge in [0.25, 0.3) is 0 Å². The van der Waals surface area contributed by atoms with Crippen molar-refractivity contribution < 1.29 is 9.53 Å². The molecule has 1 saturated carbocycles. The van der Waals surface area contributed by atoms with Crippen molar-refractivity contribution in [2.45, 2.75) is 25.4 Å². The third-order valence-electron chi connectivity index (χ3n) is 3.53. The van der Waals surface area contributed by atoms with Crippen LogP contribution in [0.15, 0.2) is 18.3 Å². The van der Waals surface area contributed by atoms with Gasteiger partial charge in [-0.1, -0.05) is 0 Å². The largest absolute Gasteiger partial charge is 0.472 e. The number of carbonyl (C=O) groups excluding carboxylic acids is 1. The fourth-order valence-corrected chi connectivity index (χ4v) is 2.33. The number of pyridine rings is 1. The van der Waals surface area contributed by atoms with E-state index in [2.05, 4.69) is 11.1 Å². The highest BCUT2D eigenvalue weighted by molar-refractivity contribution is 5.81. The Labute approximate surface area is 111 Å². The molecule has 1 aliphatic carbocycles. The van der Waals surface area contributed by atoms with Crippen molar-refractivity contribution in [2.75, 3.05) is 13.1 Å². The van der Waals surface area contributed by atoms with Crippen LogP contribution in [-0.4, -0.2) is 35.0 Å². The van der Waals surface area contributed by atoms with E-state index >= 15 is 0 Å². The lowest BCUT2D eigenvalue weighted by Gasteiger charge is -2.16. The number of likely N-dealkylation sites (tertiary alicyclic amines) is 1. The summed E-state index contributed by atoms with van der Waals surface area (Å²) < 4.78 is 5.74. The summed E-state index contributed by atoms with van der Waals surface area (Å²) in [6, 6.07) is 5.33. The summed E-state index contributed by atoms with van der Waals surface area (Å²) in [5, 5.41) is 8.82. The molecule has 0 spiro atoms. The summed E-state index contributed by atoms with van der Waals surface area (Å²) in [4.78, 5) is 17.9. The number of amides is 1. The number of rotatable bonds is 3. The van der Waals surface area contributed by atoms with Crippen molar-refractivity contribution in [2.24, 2.45) is 5.92 Å². The lowest BCUT2D eigenvalue weighted by molar-refractivity contribution is -0.131. The van der Waals surface area contributed by atoms with E-state index in [1.807, 2.05) is 4.90 Å². The average Bonchev–Trinajstić information content (AvgIpc) is 3.19. The number of hydrogen-bond acceptors (Lipinski definition) is 4. The van der Waals surface area contributed by atoms with Gasteiger partial charge in [-0.3, -0.25) is 4.79 Å². The van der Waals surface area contributed by atoms with E-state index < -0.39 is 0 Å². The Morgan fingerprint density at radius 2 is 2.32 bits per heavy atom. The lowest BCUT2D eigenvalue weighted by Crippen LogP contribution is -2.32. The summed E-state index contributed by atoms with van der Waals surface area (Å²) in [6.45, 7) is 1.39. The minimum Gasteiger partial charge on any atom is -0.472 e. The highest BCUT2D eigenvalue weighted by Gasteiger charge is 2.37. The number of ether oxygens (including phenoxy) is 1. The third-order valence-corrected chi connectivity index (χ3v) is 3.53. The number of aromatic nitrogens is 1. The molecule has 98 valence electrons. The van der Waals surface area contributed by atoms with Crippen LogP contribution in [0, 0.1) is 17.2 Å². The smallest absolute Gasteiger partial charge is 0.225 e. The van der Waals surface area contributed by atoms with Crippen LogP contribution in [0.2, 0.25) is 0 Å². The van der Waals surface area contributed by atoms with Crippen molar-refractivity contribution >= 4 is 5.91 Å². The normalized spacial score (nSPS) is 22.1. The molecule has 2 heterocycles. The minimum absolute atomic E-state index is 0.0101. The highest BCUT2D eigenvalue weighted by atomic mass is 16.5. The van der Waals surface area contributed by atoms with E-state index in [-0.39, 0.29) is 17.9 Å². The number of hydrogen-bond donors (Lipinski definition) is 0. The molecule has 3 rings (SSSR count). The van der Waals surface area contributed by atoms with Gasteiger partial charge in [-0.2, -0.15) is 5.26 Å². The van der Waals surface area contributed by atoms with Crippen molar-refractivity contribution in [3.8, 4) is 11.9 Å². The van der Waals surface area contributed by atoms with Crippen molar-refractivity contribution in [1.82, 2.24) is 9.88 Å². The molecule has 0 bridgehead atoms. The molecular weight excluding hydrogens is 242 g/mol. The molecule has 1 aliphatic heterocycles. The van der Waals surface area contributed by atoms with Gasteiger partial charge in [0.2, 0.25) is 11.8 Å². The lowest BCUT2D eigenvalue weighted by atomic mass is 10.3. The second-order valence-electron chi connectivity index (χ2n) is 5.08. The first-order valence-electron chi connectivity index (χ1n) is 6.58. The predicted molar refractivity (Wildman–Crippen MR) is 67.3 cm³/mol. The summed E-state index contributed by atoms with van der Waals surface area (Å²) in [5.41, 5.74) is 0.536. The van der Waals surface area contributed by atoms with E-state index in [1.54, 1.807) is 18.3 Å². The van der Waals surface area contributed by atoms with Crippen molar-refractivity contribution in [3.05, 3.63) is 23.9 Å². The molecule has 1 atom stereocenters. The van der Waals surface area contributed by atoms with E-state index in [9.17, 15) is 4.79 Å². The zero-order valence-corrected chi connectivity index (χ0v) is 10.6. The Balaban J connectivity index is 1.59. The zero-order valence-electron chi connectivity index (χ0n) is 10.6. The topological polar surface area (TPSA) is 66.2 Å². The molecule has 1 aromatic rings. The van der Waals surface area contributed by atoms with Crippen LogP contribution in [0.1, 0.15) is 24.8 Å². The van der Waals surface area contributed by atoms with E-state index in [0.29, 0.717) is 18.0 Å². The van der Waals surface area contributed by atoms with E-state index in [4.69, 9.17) is 10.00 Å². The zero-order chi connectivity index (χ0) is 13.2.